The molecule has 0 saturated carbocycles. The molecular formula is C14H20N4. The molecule has 1 unspecified atom stereocenters. The van der Waals surface area contributed by atoms with Gasteiger partial charge in [-0.1, -0.05) is 6.07 Å². The van der Waals surface area contributed by atoms with Gasteiger partial charge in [0.15, 0.2) is 0 Å². The van der Waals surface area contributed by atoms with Gasteiger partial charge >= 0.3 is 0 Å². The number of rotatable bonds is 3. The Morgan fingerprint density at radius 2 is 2.06 bits per heavy atom. The first-order chi connectivity index (χ1) is 8.74. The van der Waals surface area contributed by atoms with Gasteiger partial charge in [-0.2, -0.15) is 5.26 Å². The van der Waals surface area contributed by atoms with E-state index >= 15 is 0 Å². The van der Waals surface area contributed by atoms with Crippen LogP contribution in [-0.2, 0) is 0 Å². The van der Waals surface area contributed by atoms with Crippen LogP contribution in [0.3, 0.4) is 0 Å². The molecule has 1 atom stereocenters. The van der Waals surface area contributed by atoms with Crippen LogP contribution in [-0.4, -0.2) is 43.7 Å². The van der Waals surface area contributed by atoms with Crippen molar-refractivity contribution in [1.29, 1.82) is 5.26 Å². The molecule has 1 aromatic rings. The summed E-state index contributed by atoms with van der Waals surface area (Å²) in [6.07, 6.45) is 0. The predicted molar refractivity (Wildman–Crippen MR) is 73.5 cm³/mol. The minimum atomic E-state index is 0.456. The van der Waals surface area contributed by atoms with Crippen molar-refractivity contribution < 1.29 is 0 Å². The van der Waals surface area contributed by atoms with Crippen LogP contribution in [0.2, 0.25) is 0 Å². The zero-order chi connectivity index (χ0) is 13.0. The van der Waals surface area contributed by atoms with Crippen molar-refractivity contribution in [3.05, 3.63) is 29.8 Å². The largest absolute Gasteiger partial charge is 0.369 e. The second-order valence-electron chi connectivity index (χ2n) is 4.77. The molecule has 2 N–H and O–H groups in total. The standard InChI is InChI=1S/C14H20N4/c1-12(10-15)17-5-7-18(8-6-17)14-4-2-3-13(9-14)11-16/h2-4,9,12H,5-8,10,15H2,1H3. The van der Waals surface area contributed by atoms with E-state index < -0.39 is 0 Å². The smallest absolute Gasteiger partial charge is 0.0992 e. The lowest BCUT2D eigenvalue weighted by atomic mass is 10.1. The van der Waals surface area contributed by atoms with Crippen LogP contribution in [0, 0.1) is 11.3 Å². The van der Waals surface area contributed by atoms with Crippen molar-refractivity contribution >= 4 is 5.69 Å². The van der Waals surface area contributed by atoms with Crippen molar-refractivity contribution in [2.24, 2.45) is 5.73 Å². The normalized spacial score (nSPS) is 18.4. The van der Waals surface area contributed by atoms with E-state index in [9.17, 15) is 0 Å². The first-order valence-electron chi connectivity index (χ1n) is 6.44. The van der Waals surface area contributed by atoms with Gasteiger partial charge in [-0.25, -0.2) is 0 Å². The Kier molecular flexibility index (Phi) is 4.19. The van der Waals surface area contributed by atoms with Gasteiger partial charge in [0.25, 0.3) is 0 Å². The van der Waals surface area contributed by atoms with Gasteiger partial charge in [-0.3, -0.25) is 4.90 Å². The third-order valence-corrected chi connectivity index (χ3v) is 3.62. The summed E-state index contributed by atoms with van der Waals surface area (Å²) < 4.78 is 0. The highest BCUT2D eigenvalue weighted by atomic mass is 15.3. The molecule has 4 nitrogen and oxygen atoms in total. The van der Waals surface area contributed by atoms with Crippen molar-refractivity contribution in [3.8, 4) is 6.07 Å². The highest BCUT2D eigenvalue weighted by Gasteiger charge is 2.20. The molecule has 4 heteroatoms. The van der Waals surface area contributed by atoms with E-state index in [-0.39, 0.29) is 0 Å². The molecule has 0 aromatic heterocycles. The third-order valence-electron chi connectivity index (χ3n) is 3.62. The second kappa shape index (κ2) is 5.85. The lowest BCUT2D eigenvalue weighted by molar-refractivity contribution is 0.201. The summed E-state index contributed by atoms with van der Waals surface area (Å²) in [5.41, 5.74) is 7.57. The van der Waals surface area contributed by atoms with Crippen LogP contribution in [0.4, 0.5) is 5.69 Å². The Hall–Kier alpha value is -1.57. The maximum atomic E-state index is 8.92. The molecular weight excluding hydrogens is 224 g/mol. The molecule has 1 heterocycles. The molecule has 0 spiro atoms. The predicted octanol–water partition coefficient (Wildman–Crippen LogP) is 1.03. The molecule has 0 radical (unpaired) electrons. The fourth-order valence-corrected chi connectivity index (χ4v) is 2.34. The van der Waals surface area contributed by atoms with Crippen LogP contribution < -0.4 is 10.6 Å². The lowest BCUT2D eigenvalue weighted by Crippen LogP contribution is -2.51. The van der Waals surface area contributed by atoms with E-state index in [0.29, 0.717) is 12.6 Å². The maximum Gasteiger partial charge on any atom is 0.0992 e. The molecule has 18 heavy (non-hydrogen) atoms. The van der Waals surface area contributed by atoms with Gasteiger partial charge in [0, 0.05) is 44.5 Å². The third kappa shape index (κ3) is 2.81. The summed E-state index contributed by atoms with van der Waals surface area (Å²) in [5, 5.41) is 8.92. The number of anilines is 1. The number of nitriles is 1. The molecule has 96 valence electrons. The van der Waals surface area contributed by atoms with Crippen molar-refractivity contribution in [2.75, 3.05) is 37.6 Å². The summed E-state index contributed by atoms with van der Waals surface area (Å²) >= 11 is 0. The highest BCUT2D eigenvalue weighted by Crippen LogP contribution is 2.18. The minimum absolute atomic E-state index is 0.456. The van der Waals surface area contributed by atoms with Gasteiger partial charge in [-0.05, 0) is 25.1 Å². The highest BCUT2D eigenvalue weighted by molar-refractivity contribution is 5.51. The fraction of sp³-hybridized carbons (Fsp3) is 0.500. The number of nitrogens with zero attached hydrogens (tertiary/aromatic N) is 3. The second-order valence-corrected chi connectivity index (χ2v) is 4.77. The Balaban J connectivity index is 1.99. The van der Waals surface area contributed by atoms with E-state index in [4.69, 9.17) is 11.0 Å². The molecule has 1 aliphatic heterocycles. The van der Waals surface area contributed by atoms with E-state index in [2.05, 4.69) is 28.9 Å². The molecule has 1 saturated heterocycles. The number of hydrogen-bond donors (Lipinski definition) is 1. The lowest BCUT2D eigenvalue weighted by Gasteiger charge is -2.38. The summed E-state index contributed by atoms with van der Waals surface area (Å²) in [6.45, 7) is 6.96. The Bertz CT molecular complexity index is 430. The van der Waals surface area contributed by atoms with E-state index in [0.717, 1.165) is 37.4 Å². The molecule has 2 rings (SSSR count). The number of nitrogens with two attached hydrogens (primary N) is 1. The molecule has 0 aliphatic carbocycles. The molecule has 0 amide bonds. The average molecular weight is 244 g/mol. The van der Waals surface area contributed by atoms with Crippen LogP contribution in [0.25, 0.3) is 0 Å². The Morgan fingerprint density at radius 3 is 2.67 bits per heavy atom. The topological polar surface area (TPSA) is 56.3 Å². The molecule has 0 bridgehead atoms. The van der Waals surface area contributed by atoms with Crippen LogP contribution in [0.5, 0.6) is 0 Å². The van der Waals surface area contributed by atoms with Gasteiger partial charge in [0.2, 0.25) is 0 Å². The average Bonchev–Trinajstić information content (AvgIpc) is 2.46. The van der Waals surface area contributed by atoms with Gasteiger partial charge in [0.05, 0.1) is 11.6 Å². The summed E-state index contributed by atoms with van der Waals surface area (Å²) in [7, 11) is 0. The first-order valence-corrected chi connectivity index (χ1v) is 6.44. The van der Waals surface area contributed by atoms with Crippen molar-refractivity contribution in [1.82, 2.24) is 4.90 Å². The monoisotopic (exact) mass is 244 g/mol. The molecule has 1 aromatic carbocycles. The number of benzene rings is 1. The first kappa shape index (κ1) is 12.9. The molecule has 1 aliphatic rings. The van der Waals surface area contributed by atoms with E-state index in [1.807, 2.05) is 18.2 Å². The van der Waals surface area contributed by atoms with Crippen molar-refractivity contribution in [2.45, 2.75) is 13.0 Å². The van der Waals surface area contributed by atoms with Crippen molar-refractivity contribution in [3.63, 3.8) is 0 Å². The summed E-state index contributed by atoms with van der Waals surface area (Å²) in [4.78, 5) is 4.76. The quantitative estimate of drug-likeness (QED) is 0.862. The SMILES string of the molecule is CC(CN)N1CCN(c2cccc(C#N)c2)CC1. The minimum Gasteiger partial charge on any atom is -0.369 e. The zero-order valence-corrected chi connectivity index (χ0v) is 10.8. The number of piperazine rings is 1. The van der Waals surface area contributed by atoms with E-state index in [1.54, 1.807) is 0 Å². The Morgan fingerprint density at radius 1 is 1.33 bits per heavy atom. The van der Waals surface area contributed by atoms with Gasteiger partial charge < -0.3 is 10.6 Å². The summed E-state index contributed by atoms with van der Waals surface area (Å²) in [5.74, 6) is 0. The Labute approximate surface area is 109 Å². The molecule has 1 fully saturated rings. The summed E-state index contributed by atoms with van der Waals surface area (Å²) in [6, 6.07) is 10.5. The zero-order valence-electron chi connectivity index (χ0n) is 10.8. The van der Waals surface area contributed by atoms with Gasteiger partial charge in [-0.15, -0.1) is 0 Å². The van der Waals surface area contributed by atoms with Crippen LogP contribution in [0.1, 0.15) is 12.5 Å². The van der Waals surface area contributed by atoms with Crippen LogP contribution >= 0.6 is 0 Å². The fourth-order valence-electron chi connectivity index (χ4n) is 2.34. The maximum absolute atomic E-state index is 8.92. The van der Waals surface area contributed by atoms with Crippen LogP contribution in [0.15, 0.2) is 24.3 Å². The van der Waals surface area contributed by atoms with E-state index in [1.165, 1.54) is 0 Å². The number of hydrogen-bond acceptors (Lipinski definition) is 4. The van der Waals surface area contributed by atoms with Gasteiger partial charge in [0.1, 0.15) is 0 Å².